The highest BCUT2D eigenvalue weighted by atomic mass is 32.1. The first-order chi connectivity index (χ1) is 18.7. The molecule has 0 unspecified atom stereocenters. The highest BCUT2D eigenvalue weighted by Gasteiger charge is 2.26. The minimum atomic E-state index is -0.858. The van der Waals surface area contributed by atoms with E-state index >= 15 is 0 Å². The van der Waals surface area contributed by atoms with E-state index in [0.29, 0.717) is 28.4 Å². The third kappa shape index (κ3) is 6.49. The molecule has 0 saturated carbocycles. The summed E-state index contributed by atoms with van der Waals surface area (Å²) in [5, 5.41) is 23.1. The van der Waals surface area contributed by atoms with Crippen LogP contribution < -0.4 is 11.0 Å². The van der Waals surface area contributed by atoms with E-state index in [9.17, 15) is 29.8 Å². The monoisotopic (exact) mass is 555 g/mol. The number of fused-ring (bicyclic) bond motifs is 3. The van der Waals surface area contributed by atoms with Crippen molar-refractivity contribution in [3.8, 4) is 0 Å². The topological polar surface area (TPSA) is 150 Å². The minimum Gasteiger partial charge on any atom is -0.267 e. The van der Waals surface area contributed by atoms with Crippen LogP contribution in [0.25, 0.3) is 10.2 Å². The molecule has 39 heavy (non-hydrogen) atoms. The maximum Gasteiger partial charge on any atom is 0.281 e. The summed E-state index contributed by atoms with van der Waals surface area (Å²) in [6, 6.07) is 2.72. The fraction of sp³-hybridized carbons (Fsp3) is 0.519. The van der Waals surface area contributed by atoms with Crippen LogP contribution in [0.2, 0.25) is 0 Å². The number of hydrogen-bond donors (Lipinski definition) is 1. The molecule has 3 aromatic rings. The molecular formula is C27H33N5O6S. The van der Waals surface area contributed by atoms with E-state index < -0.39 is 32.7 Å². The maximum atomic E-state index is 13.8. The van der Waals surface area contributed by atoms with Crippen LogP contribution in [0, 0.1) is 26.1 Å². The lowest BCUT2D eigenvalue weighted by atomic mass is 9.89. The summed E-state index contributed by atoms with van der Waals surface area (Å²) in [7, 11) is 0. The van der Waals surface area contributed by atoms with Gasteiger partial charge in [-0.2, -0.15) is 0 Å². The Balaban J connectivity index is 1.69. The van der Waals surface area contributed by atoms with E-state index in [-0.39, 0.29) is 5.56 Å². The standard InChI is InChI=1S/C27H33N5O6S/c1-3-4-5-6-7-8-9-10-23-28-26-24(21-13-17(2)11-12-22(21)39-26)27(34)30(23)29-25(33)18-14-19(31(35)36)16-20(15-18)32(37)38/h14-17H,3-13H2,1-2H3,(H,29,33)/t17-/m1/s1. The third-order valence-corrected chi connectivity index (χ3v) is 8.38. The number of carbonyl (C=O) groups excluding carboxylic acids is 1. The first-order valence-electron chi connectivity index (χ1n) is 13.5. The van der Waals surface area contributed by atoms with E-state index in [0.717, 1.165) is 78.3 Å². The van der Waals surface area contributed by atoms with E-state index in [1.54, 1.807) is 0 Å². The van der Waals surface area contributed by atoms with Gasteiger partial charge in [-0.3, -0.25) is 35.2 Å². The first kappa shape index (κ1) is 28.3. The van der Waals surface area contributed by atoms with Gasteiger partial charge in [-0.1, -0.05) is 52.4 Å². The number of unbranched alkanes of at least 4 members (excludes halogenated alkanes) is 6. The van der Waals surface area contributed by atoms with Crippen LogP contribution >= 0.6 is 11.3 Å². The van der Waals surface area contributed by atoms with Gasteiger partial charge in [-0.25, -0.2) is 9.66 Å². The Labute approximate surface area is 229 Å². The molecule has 0 bridgehead atoms. The number of nitrogens with one attached hydrogen (secondary N) is 1. The lowest BCUT2D eigenvalue weighted by Gasteiger charge is -2.18. The predicted octanol–water partition coefficient (Wildman–Crippen LogP) is 6.08. The molecular weight excluding hydrogens is 522 g/mol. The van der Waals surface area contributed by atoms with Crippen LogP contribution in [0.1, 0.15) is 91.8 Å². The van der Waals surface area contributed by atoms with Crippen molar-refractivity contribution in [2.45, 2.75) is 84.5 Å². The second-order valence-corrected chi connectivity index (χ2v) is 11.3. The van der Waals surface area contributed by atoms with Gasteiger partial charge in [-0.15, -0.1) is 11.3 Å². The van der Waals surface area contributed by atoms with Crippen molar-refractivity contribution in [1.29, 1.82) is 0 Å². The van der Waals surface area contributed by atoms with Crippen LogP contribution in [-0.4, -0.2) is 25.4 Å². The number of nitro benzene ring substituents is 2. The summed E-state index contributed by atoms with van der Waals surface area (Å²) >= 11 is 1.53. The van der Waals surface area contributed by atoms with Crippen molar-refractivity contribution >= 4 is 38.8 Å². The number of benzene rings is 1. The Morgan fingerprint density at radius 2 is 1.72 bits per heavy atom. The summed E-state index contributed by atoms with van der Waals surface area (Å²) in [4.78, 5) is 54.7. The van der Waals surface area contributed by atoms with Gasteiger partial charge in [0.1, 0.15) is 10.7 Å². The van der Waals surface area contributed by atoms with Crippen molar-refractivity contribution in [1.82, 2.24) is 9.66 Å². The van der Waals surface area contributed by atoms with Gasteiger partial charge in [0.2, 0.25) is 0 Å². The molecule has 1 N–H and O–H groups in total. The lowest BCUT2D eigenvalue weighted by Crippen LogP contribution is -2.36. The molecule has 4 rings (SSSR count). The third-order valence-electron chi connectivity index (χ3n) is 7.20. The van der Waals surface area contributed by atoms with Crippen molar-refractivity contribution in [2.24, 2.45) is 5.92 Å². The van der Waals surface area contributed by atoms with Gasteiger partial charge < -0.3 is 0 Å². The minimum absolute atomic E-state index is 0.286. The van der Waals surface area contributed by atoms with E-state index in [2.05, 4.69) is 19.3 Å². The number of aryl methyl sites for hydroxylation is 2. The number of nitro groups is 2. The number of aromatic nitrogens is 2. The molecule has 0 radical (unpaired) electrons. The smallest absolute Gasteiger partial charge is 0.267 e. The number of rotatable bonds is 12. The van der Waals surface area contributed by atoms with Crippen LogP contribution in [0.4, 0.5) is 11.4 Å². The normalized spacial score (nSPS) is 14.8. The first-order valence-corrected chi connectivity index (χ1v) is 14.3. The maximum absolute atomic E-state index is 13.8. The molecule has 1 aliphatic rings. The van der Waals surface area contributed by atoms with E-state index in [1.807, 2.05) is 0 Å². The second kappa shape index (κ2) is 12.5. The number of non-ortho nitro benzene ring substituents is 2. The molecule has 208 valence electrons. The quantitative estimate of drug-likeness (QED) is 0.162. The SMILES string of the molecule is CCCCCCCCCc1nc2sc3c(c2c(=O)n1NC(=O)c1cc([N+](=O)[O-])cc([N+](=O)[O-])c1)C[C@H](C)CC3. The van der Waals surface area contributed by atoms with Gasteiger partial charge in [0.05, 0.1) is 26.9 Å². The molecule has 1 aromatic carbocycles. The average molecular weight is 556 g/mol. The lowest BCUT2D eigenvalue weighted by molar-refractivity contribution is -0.394. The van der Waals surface area contributed by atoms with Crippen LogP contribution in [-0.2, 0) is 19.3 Å². The molecule has 1 amide bonds. The fourth-order valence-electron chi connectivity index (χ4n) is 5.07. The van der Waals surface area contributed by atoms with E-state index in [1.165, 1.54) is 30.6 Å². The highest BCUT2D eigenvalue weighted by Crippen LogP contribution is 2.36. The highest BCUT2D eigenvalue weighted by molar-refractivity contribution is 7.18. The Morgan fingerprint density at radius 1 is 1.08 bits per heavy atom. The Morgan fingerprint density at radius 3 is 2.36 bits per heavy atom. The molecule has 2 aromatic heterocycles. The summed E-state index contributed by atoms with van der Waals surface area (Å²) in [6.07, 6.45) is 10.7. The number of hydrogen-bond acceptors (Lipinski definition) is 8. The summed E-state index contributed by atoms with van der Waals surface area (Å²) < 4.78 is 1.14. The molecule has 1 aliphatic carbocycles. The van der Waals surface area contributed by atoms with Crippen LogP contribution in [0.3, 0.4) is 0 Å². The zero-order chi connectivity index (χ0) is 28.1. The van der Waals surface area contributed by atoms with Gasteiger partial charge in [0, 0.05) is 23.4 Å². The van der Waals surface area contributed by atoms with Crippen LogP contribution in [0.5, 0.6) is 0 Å². The molecule has 0 saturated heterocycles. The van der Waals surface area contributed by atoms with Gasteiger partial charge in [0.25, 0.3) is 22.8 Å². The zero-order valence-electron chi connectivity index (χ0n) is 22.2. The largest absolute Gasteiger partial charge is 0.281 e. The predicted molar refractivity (Wildman–Crippen MR) is 150 cm³/mol. The zero-order valence-corrected chi connectivity index (χ0v) is 23.1. The van der Waals surface area contributed by atoms with Crippen molar-refractivity contribution in [3.05, 3.63) is 70.6 Å². The fourth-order valence-corrected chi connectivity index (χ4v) is 6.29. The van der Waals surface area contributed by atoms with Gasteiger partial charge in [0.15, 0.2) is 0 Å². The molecule has 0 fully saturated rings. The van der Waals surface area contributed by atoms with Crippen molar-refractivity contribution < 1.29 is 14.6 Å². The molecule has 0 spiro atoms. The number of nitrogens with zero attached hydrogens (tertiary/aromatic N) is 4. The molecule has 12 heteroatoms. The molecule has 0 aliphatic heterocycles. The Bertz CT molecular complexity index is 1430. The Kier molecular flexibility index (Phi) is 9.05. The molecule has 11 nitrogen and oxygen atoms in total. The van der Waals surface area contributed by atoms with Crippen molar-refractivity contribution in [3.63, 3.8) is 0 Å². The summed E-state index contributed by atoms with van der Waals surface area (Å²) in [6.45, 7) is 4.31. The van der Waals surface area contributed by atoms with Crippen LogP contribution in [0.15, 0.2) is 23.0 Å². The van der Waals surface area contributed by atoms with Crippen molar-refractivity contribution in [2.75, 3.05) is 5.43 Å². The number of thiophene rings is 1. The summed E-state index contributed by atoms with van der Waals surface area (Å²) in [5.74, 6) is -0.0279. The van der Waals surface area contributed by atoms with Gasteiger partial charge >= 0.3 is 0 Å². The molecule has 1 atom stereocenters. The number of carbonyl (C=O) groups is 1. The second-order valence-electron chi connectivity index (χ2n) is 10.3. The number of amides is 1. The molecule has 2 heterocycles. The average Bonchev–Trinajstić information content (AvgIpc) is 3.27. The van der Waals surface area contributed by atoms with Gasteiger partial charge in [-0.05, 0) is 37.2 Å². The summed E-state index contributed by atoms with van der Waals surface area (Å²) in [5.41, 5.74) is 1.69. The Hall–Kier alpha value is -3.67. The van der Waals surface area contributed by atoms with E-state index in [4.69, 9.17) is 4.98 Å².